The molecule has 0 saturated carbocycles. The molecule has 29 heavy (non-hydrogen) atoms. The summed E-state index contributed by atoms with van der Waals surface area (Å²) in [5.74, 6) is 0.878. The molecule has 0 spiro atoms. The lowest BCUT2D eigenvalue weighted by Crippen LogP contribution is -2.14. The zero-order valence-electron chi connectivity index (χ0n) is 17.3. The summed E-state index contributed by atoms with van der Waals surface area (Å²) in [6.07, 6.45) is 9.56. The molecule has 3 rings (SSSR count). The molecule has 0 unspecified atom stereocenters. The number of hydrogen-bond donors (Lipinski definition) is 0. The summed E-state index contributed by atoms with van der Waals surface area (Å²) >= 11 is 1.44. The fourth-order valence-electron chi connectivity index (χ4n) is 3.21. The molecule has 2 heterocycles. The molecule has 0 bridgehead atoms. The number of hydrogen-bond acceptors (Lipinski definition) is 5. The van der Waals surface area contributed by atoms with Gasteiger partial charge in [0.1, 0.15) is 0 Å². The maximum Gasteiger partial charge on any atom is 0.191 e. The van der Waals surface area contributed by atoms with Crippen LogP contribution in [-0.2, 0) is 13.5 Å². The van der Waals surface area contributed by atoms with Crippen LogP contribution in [0.3, 0.4) is 0 Å². The minimum Gasteiger partial charge on any atom is -0.305 e. The van der Waals surface area contributed by atoms with E-state index in [2.05, 4.69) is 34.2 Å². The van der Waals surface area contributed by atoms with E-state index in [0.29, 0.717) is 0 Å². The van der Waals surface area contributed by atoms with Gasteiger partial charge in [0, 0.05) is 30.6 Å². The second kappa shape index (κ2) is 10.3. The SMILES string of the molecule is CCCCCCc1ccc(C(=O)[C@H](C)Sc2nnc(-c3ccncc3)n2C)cc1. The first-order chi connectivity index (χ1) is 14.1. The summed E-state index contributed by atoms with van der Waals surface area (Å²) in [7, 11) is 1.92. The third-order valence-electron chi connectivity index (χ3n) is 4.98. The number of carbonyl (C=O) groups is 1. The average molecular weight is 409 g/mol. The molecular weight excluding hydrogens is 380 g/mol. The van der Waals surface area contributed by atoms with Crippen LogP contribution in [0.15, 0.2) is 53.9 Å². The third-order valence-corrected chi connectivity index (χ3v) is 6.12. The van der Waals surface area contributed by atoms with Crippen molar-refractivity contribution in [2.45, 2.75) is 56.4 Å². The molecule has 0 N–H and O–H groups in total. The number of nitrogens with zero attached hydrogens (tertiary/aromatic N) is 4. The van der Waals surface area contributed by atoms with Crippen LogP contribution in [0.2, 0.25) is 0 Å². The lowest BCUT2D eigenvalue weighted by atomic mass is 10.0. The summed E-state index contributed by atoms with van der Waals surface area (Å²) in [5.41, 5.74) is 3.00. The number of rotatable bonds is 10. The van der Waals surface area contributed by atoms with Gasteiger partial charge in [0.15, 0.2) is 16.8 Å². The van der Waals surface area contributed by atoms with E-state index in [1.165, 1.54) is 43.0 Å². The van der Waals surface area contributed by atoms with Crippen LogP contribution in [0.1, 0.15) is 55.5 Å². The normalized spacial score (nSPS) is 12.1. The summed E-state index contributed by atoms with van der Waals surface area (Å²) in [4.78, 5) is 16.9. The molecule has 6 heteroatoms. The van der Waals surface area contributed by atoms with Crippen LogP contribution in [0, 0.1) is 0 Å². The molecule has 0 amide bonds. The Morgan fingerprint density at radius 2 is 1.76 bits per heavy atom. The van der Waals surface area contributed by atoms with E-state index in [0.717, 1.165) is 28.5 Å². The van der Waals surface area contributed by atoms with Crippen LogP contribution in [0.5, 0.6) is 0 Å². The summed E-state index contributed by atoms with van der Waals surface area (Å²) in [6, 6.07) is 11.9. The summed E-state index contributed by atoms with van der Waals surface area (Å²) < 4.78 is 1.92. The zero-order chi connectivity index (χ0) is 20.6. The standard InChI is InChI=1S/C23H28N4OS/c1-4-5-6-7-8-18-9-11-19(12-10-18)21(28)17(2)29-23-26-25-22(27(23)3)20-13-15-24-16-14-20/h9-17H,4-8H2,1-3H3/t17-/m0/s1. The third kappa shape index (κ3) is 5.54. The quantitative estimate of drug-likeness (QED) is 0.257. The van der Waals surface area contributed by atoms with Gasteiger partial charge in [0.05, 0.1) is 5.25 Å². The largest absolute Gasteiger partial charge is 0.305 e. The van der Waals surface area contributed by atoms with Gasteiger partial charge in [-0.1, -0.05) is 62.2 Å². The highest BCUT2D eigenvalue weighted by Crippen LogP contribution is 2.27. The number of carbonyl (C=O) groups excluding carboxylic acids is 1. The average Bonchev–Trinajstić information content (AvgIpc) is 3.12. The molecule has 0 fully saturated rings. The van der Waals surface area contributed by atoms with Crippen molar-refractivity contribution >= 4 is 17.5 Å². The van der Waals surface area contributed by atoms with Gasteiger partial charge in [-0.2, -0.15) is 0 Å². The maximum absolute atomic E-state index is 12.9. The number of Topliss-reactive ketones (excluding diaryl/α,β-unsaturated/α-hetero) is 1. The smallest absolute Gasteiger partial charge is 0.191 e. The van der Waals surface area contributed by atoms with Crippen molar-refractivity contribution in [2.75, 3.05) is 0 Å². The van der Waals surface area contributed by atoms with E-state index < -0.39 is 0 Å². The molecule has 1 atom stereocenters. The Hall–Kier alpha value is -2.47. The highest BCUT2D eigenvalue weighted by Gasteiger charge is 2.20. The first kappa shape index (κ1) is 21.2. The van der Waals surface area contributed by atoms with Crippen LogP contribution in [0.25, 0.3) is 11.4 Å². The second-order valence-corrected chi connectivity index (χ2v) is 8.54. The highest BCUT2D eigenvalue weighted by atomic mass is 32.2. The Bertz CT molecular complexity index is 922. The summed E-state index contributed by atoms with van der Waals surface area (Å²) in [6.45, 7) is 4.15. The summed E-state index contributed by atoms with van der Waals surface area (Å²) in [5, 5.41) is 9.04. The minimum absolute atomic E-state index is 0.112. The fourth-order valence-corrected chi connectivity index (χ4v) is 4.10. The van der Waals surface area contributed by atoms with Crippen LogP contribution < -0.4 is 0 Å². The van der Waals surface area contributed by atoms with Crippen LogP contribution in [0.4, 0.5) is 0 Å². The van der Waals surface area contributed by atoms with E-state index in [9.17, 15) is 4.79 Å². The van der Waals surface area contributed by atoms with Gasteiger partial charge in [-0.25, -0.2) is 0 Å². The van der Waals surface area contributed by atoms with Crippen molar-refractivity contribution in [1.29, 1.82) is 0 Å². The van der Waals surface area contributed by atoms with Gasteiger partial charge in [-0.3, -0.25) is 9.78 Å². The van der Waals surface area contributed by atoms with E-state index in [4.69, 9.17) is 0 Å². The van der Waals surface area contributed by atoms with Crippen LogP contribution >= 0.6 is 11.8 Å². The van der Waals surface area contributed by atoms with Crippen molar-refractivity contribution in [3.8, 4) is 11.4 Å². The number of pyridine rings is 1. The number of thioether (sulfide) groups is 1. The number of unbranched alkanes of at least 4 members (excludes halogenated alkanes) is 3. The molecule has 0 aliphatic rings. The van der Waals surface area contributed by atoms with Crippen LogP contribution in [-0.4, -0.2) is 30.8 Å². The molecule has 0 saturated heterocycles. The monoisotopic (exact) mass is 408 g/mol. The molecule has 1 aromatic carbocycles. The van der Waals surface area contributed by atoms with E-state index in [1.54, 1.807) is 12.4 Å². The molecule has 0 aliphatic carbocycles. The topological polar surface area (TPSA) is 60.7 Å². The lowest BCUT2D eigenvalue weighted by Gasteiger charge is -2.11. The Kier molecular flexibility index (Phi) is 7.58. The van der Waals surface area contributed by atoms with Gasteiger partial charge in [-0.05, 0) is 37.5 Å². The second-order valence-electron chi connectivity index (χ2n) is 7.23. The Morgan fingerprint density at radius 1 is 1.03 bits per heavy atom. The van der Waals surface area contributed by atoms with Crippen molar-refractivity contribution < 1.29 is 4.79 Å². The van der Waals surface area contributed by atoms with Crippen molar-refractivity contribution in [3.63, 3.8) is 0 Å². The number of ketones is 1. The number of benzene rings is 1. The predicted molar refractivity (Wildman–Crippen MR) is 118 cm³/mol. The van der Waals surface area contributed by atoms with Crippen molar-refractivity contribution in [3.05, 3.63) is 59.9 Å². The lowest BCUT2D eigenvalue weighted by molar-refractivity contribution is 0.0994. The molecule has 2 aromatic heterocycles. The highest BCUT2D eigenvalue weighted by molar-refractivity contribution is 8.00. The van der Waals surface area contributed by atoms with Gasteiger partial charge in [-0.15, -0.1) is 10.2 Å². The van der Waals surface area contributed by atoms with Crippen molar-refractivity contribution in [2.24, 2.45) is 7.05 Å². The van der Waals surface area contributed by atoms with E-state index >= 15 is 0 Å². The molecule has 0 aliphatic heterocycles. The molecule has 3 aromatic rings. The Balaban J connectivity index is 1.61. The van der Waals surface area contributed by atoms with Gasteiger partial charge >= 0.3 is 0 Å². The number of aromatic nitrogens is 4. The minimum atomic E-state index is -0.237. The first-order valence-corrected chi connectivity index (χ1v) is 11.1. The Labute approximate surface area is 177 Å². The number of aryl methyl sites for hydroxylation is 1. The molecular formula is C23H28N4OS. The van der Waals surface area contributed by atoms with Crippen molar-refractivity contribution in [1.82, 2.24) is 19.7 Å². The van der Waals surface area contributed by atoms with E-state index in [-0.39, 0.29) is 11.0 Å². The fraction of sp³-hybridized carbons (Fsp3) is 0.391. The van der Waals surface area contributed by atoms with Gasteiger partial charge in [0.2, 0.25) is 0 Å². The first-order valence-electron chi connectivity index (χ1n) is 10.2. The molecule has 0 radical (unpaired) electrons. The Morgan fingerprint density at radius 3 is 2.45 bits per heavy atom. The molecule has 5 nitrogen and oxygen atoms in total. The van der Waals surface area contributed by atoms with Gasteiger partial charge in [0.25, 0.3) is 0 Å². The van der Waals surface area contributed by atoms with E-state index in [1.807, 2.05) is 42.8 Å². The van der Waals surface area contributed by atoms with Gasteiger partial charge < -0.3 is 4.57 Å². The zero-order valence-corrected chi connectivity index (χ0v) is 18.2. The maximum atomic E-state index is 12.9. The predicted octanol–water partition coefficient (Wildman–Crippen LogP) is 5.36. The molecule has 152 valence electrons.